The minimum absolute atomic E-state index is 0.229. The van der Waals surface area contributed by atoms with Gasteiger partial charge in [-0.05, 0) is 63.4 Å². The fraction of sp³-hybridized carbons (Fsp3) is 0.391. The van der Waals surface area contributed by atoms with Gasteiger partial charge in [0.2, 0.25) is 0 Å². The second-order valence-corrected chi connectivity index (χ2v) is 7.75. The van der Waals surface area contributed by atoms with Crippen LogP contribution in [0.1, 0.15) is 57.0 Å². The zero-order valence-corrected chi connectivity index (χ0v) is 17.3. The molecule has 0 spiro atoms. The van der Waals surface area contributed by atoms with Crippen LogP contribution in [0.25, 0.3) is 0 Å². The standard InChI is InChI=1S/C23H30N2O3/c1-6-16-12-14-17(15-13-16)28-20(7-2)22(27)24-19-11-9-8-10-18(19)21(26)25-23(3,4)5/h8-15,20H,6-7H2,1-5H3,(H,24,27)(H,25,26). The summed E-state index contributed by atoms with van der Waals surface area (Å²) >= 11 is 0. The lowest BCUT2D eigenvalue weighted by atomic mass is 10.1. The van der Waals surface area contributed by atoms with Gasteiger partial charge in [0.1, 0.15) is 5.75 Å². The van der Waals surface area contributed by atoms with Gasteiger partial charge < -0.3 is 15.4 Å². The van der Waals surface area contributed by atoms with Crippen LogP contribution in [0.5, 0.6) is 5.75 Å². The predicted molar refractivity (Wildman–Crippen MR) is 113 cm³/mol. The Morgan fingerprint density at radius 3 is 2.21 bits per heavy atom. The van der Waals surface area contributed by atoms with Crippen LogP contribution in [0.4, 0.5) is 5.69 Å². The first-order chi connectivity index (χ1) is 13.2. The van der Waals surface area contributed by atoms with Crippen LogP contribution < -0.4 is 15.4 Å². The molecule has 0 aliphatic carbocycles. The van der Waals surface area contributed by atoms with Crippen LogP contribution in [-0.4, -0.2) is 23.5 Å². The Labute approximate surface area is 167 Å². The van der Waals surface area contributed by atoms with E-state index in [-0.39, 0.29) is 17.4 Å². The first-order valence-electron chi connectivity index (χ1n) is 9.71. The summed E-state index contributed by atoms with van der Waals surface area (Å²) in [5.74, 6) is 0.142. The number of amides is 2. The molecule has 0 saturated carbocycles. The van der Waals surface area contributed by atoms with Gasteiger partial charge in [-0.3, -0.25) is 9.59 Å². The number of aryl methyl sites for hydroxylation is 1. The molecule has 2 amide bonds. The van der Waals surface area contributed by atoms with Gasteiger partial charge >= 0.3 is 0 Å². The lowest BCUT2D eigenvalue weighted by Gasteiger charge is -2.22. The van der Waals surface area contributed by atoms with E-state index in [4.69, 9.17) is 4.74 Å². The van der Waals surface area contributed by atoms with Crippen molar-refractivity contribution < 1.29 is 14.3 Å². The fourth-order valence-electron chi connectivity index (χ4n) is 2.70. The number of rotatable bonds is 7. The van der Waals surface area contributed by atoms with E-state index < -0.39 is 6.10 Å². The molecule has 0 aromatic heterocycles. The minimum atomic E-state index is -0.647. The molecule has 1 atom stereocenters. The first kappa shape index (κ1) is 21.5. The Morgan fingerprint density at radius 1 is 1.00 bits per heavy atom. The molecule has 1 unspecified atom stereocenters. The zero-order chi connectivity index (χ0) is 20.7. The molecule has 0 bridgehead atoms. The maximum absolute atomic E-state index is 12.8. The Balaban J connectivity index is 2.12. The van der Waals surface area contributed by atoms with Gasteiger partial charge in [0.15, 0.2) is 6.10 Å². The second kappa shape index (κ2) is 9.40. The molecule has 2 N–H and O–H groups in total. The minimum Gasteiger partial charge on any atom is -0.481 e. The Bertz CT molecular complexity index is 807. The lowest BCUT2D eigenvalue weighted by molar-refractivity contribution is -0.122. The van der Waals surface area contributed by atoms with Crippen molar-refractivity contribution in [2.45, 2.75) is 59.1 Å². The molecule has 0 radical (unpaired) electrons. The van der Waals surface area contributed by atoms with E-state index >= 15 is 0 Å². The third-order valence-electron chi connectivity index (χ3n) is 4.19. The van der Waals surface area contributed by atoms with E-state index in [0.29, 0.717) is 23.4 Å². The van der Waals surface area contributed by atoms with Gasteiger partial charge in [-0.2, -0.15) is 0 Å². The van der Waals surface area contributed by atoms with E-state index in [1.165, 1.54) is 5.56 Å². The highest BCUT2D eigenvalue weighted by molar-refractivity contribution is 6.04. The number of hydrogen-bond donors (Lipinski definition) is 2. The summed E-state index contributed by atoms with van der Waals surface area (Å²) in [6.07, 6.45) is 0.814. The number of carbonyl (C=O) groups excluding carboxylic acids is 2. The van der Waals surface area contributed by atoms with E-state index in [1.807, 2.05) is 52.0 Å². The topological polar surface area (TPSA) is 67.4 Å². The van der Waals surface area contributed by atoms with E-state index in [2.05, 4.69) is 17.6 Å². The van der Waals surface area contributed by atoms with E-state index in [9.17, 15) is 9.59 Å². The molecule has 2 aromatic rings. The second-order valence-electron chi connectivity index (χ2n) is 7.75. The van der Waals surface area contributed by atoms with Gasteiger partial charge in [0, 0.05) is 5.54 Å². The number of nitrogens with one attached hydrogen (secondary N) is 2. The number of anilines is 1. The predicted octanol–water partition coefficient (Wildman–Crippen LogP) is 4.57. The highest BCUT2D eigenvalue weighted by Crippen LogP contribution is 2.19. The van der Waals surface area contributed by atoms with Gasteiger partial charge in [-0.1, -0.05) is 38.1 Å². The number of ether oxygens (including phenoxy) is 1. The SMILES string of the molecule is CCc1ccc(OC(CC)C(=O)Nc2ccccc2C(=O)NC(C)(C)C)cc1. The Hall–Kier alpha value is -2.82. The number of benzene rings is 2. The molecular weight excluding hydrogens is 352 g/mol. The van der Waals surface area contributed by atoms with E-state index in [0.717, 1.165) is 6.42 Å². The van der Waals surface area contributed by atoms with Crippen molar-refractivity contribution in [3.63, 3.8) is 0 Å². The molecular formula is C23H30N2O3. The van der Waals surface area contributed by atoms with Crippen LogP contribution in [0, 0.1) is 0 Å². The number of para-hydroxylation sites is 1. The summed E-state index contributed by atoms with van der Waals surface area (Å²) in [7, 11) is 0. The Morgan fingerprint density at radius 2 is 1.64 bits per heavy atom. The largest absolute Gasteiger partial charge is 0.481 e. The Kier molecular flexibility index (Phi) is 7.21. The highest BCUT2D eigenvalue weighted by Gasteiger charge is 2.22. The smallest absolute Gasteiger partial charge is 0.265 e. The fourth-order valence-corrected chi connectivity index (χ4v) is 2.70. The zero-order valence-electron chi connectivity index (χ0n) is 17.3. The molecule has 2 aromatic carbocycles. The van der Waals surface area contributed by atoms with Crippen molar-refractivity contribution in [1.82, 2.24) is 5.32 Å². The van der Waals surface area contributed by atoms with Gasteiger partial charge in [-0.25, -0.2) is 0 Å². The molecule has 0 aliphatic heterocycles. The van der Waals surface area contributed by atoms with Crippen molar-refractivity contribution in [3.8, 4) is 5.75 Å². The van der Waals surface area contributed by atoms with Crippen molar-refractivity contribution in [2.24, 2.45) is 0 Å². The normalized spacial score (nSPS) is 12.2. The maximum Gasteiger partial charge on any atom is 0.265 e. The summed E-state index contributed by atoms with van der Waals surface area (Å²) in [6.45, 7) is 9.72. The molecule has 0 fully saturated rings. The molecule has 0 aliphatic rings. The molecule has 0 saturated heterocycles. The molecule has 5 nitrogen and oxygen atoms in total. The molecule has 0 heterocycles. The van der Waals surface area contributed by atoms with Crippen molar-refractivity contribution in [1.29, 1.82) is 0 Å². The summed E-state index contributed by atoms with van der Waals surface area (Å²) in [4.78, 5) is 25.3. The van der Waals surface area contributed by atoms with Gasteiger partial charge in [0.25, 0.3) is 11.8 Å². The number of carbonyl (C=O) groups is 2. The maximum atomic E-state index is 12.8. The van der Waals surface area contributed by atoms with Crippen molar-refractivity contribution in [2.75, 3.05) is 5.32 Å². The highest BCUT2D eigenvalue weighted by atomic mass is 16.5. The average molecular weight is 383 g/mol. The van der Waals surface area contributed by atoms with Crippen LogP contribution in [0.2, 0.25) is 0 Å². The van der Waals surface area contributed by atoms with Crippen LogP contribution in [-0.2, 0) is 11.2 Å². The quantitative estimate of drug-likeness (QED) is 0.737. The summed E-state index contributed by atoms with van der Waals surface area (Å²) in [5.41, 5.74) is 1.74. The van der Waals surface area contributed by atoms with Crippen LogP contribution in [0.3, 0.4) is 0 Å². The third-order valence-corrected chi connectivity index (χ3v) is 4.19. The van der Waals surface area contributed by atoms with E-state index in [1.54, 1.807) is 24.3 Å². The lowest BCUT2D eigenvalue weighted by Crippen LogP contribution is -2.41. The van der Waals surface area contributed by atoms with Crippen LogP contribution >= 0.6 is 0 Å². The van der Waals surface area contributed by atoms with Crippen molar-refractivity contribution in [3.05, 3.63) is 59.7 Å². The van der Waals surface area contributed by atoms with Gasteiger partial charge in [0.05, 0.1) is 11.3 Å². The van der Waals surface area contributed by atoms with Crippen LogP contribution in [0.15, 0.2) is 48.5 Å². The van der Waals surface area contributed by atoms with Crippen molar-refractivity contribution >= 4 is 17.5 Å². The number of hydrogen-bond acceptors (Lipinski definition) is 3. The molecule has 28 heavy (non-hydrogen) atoms. The average Bonchev–Trinajstić information content (AvgIpc) is 2.65. The molecule has 5 heteroatoms. The summed E-state index contributed by atoms with van der Waals surface area (Å²) in [5, 5.41) is 5.77. The molecule has 150 valence electrons. The first-order valence-corrected chi connectivity index (χ1v) is 9.71. The summed E-state index contributed by atoms with van der Waals surface area (Å²) in [6, 6.07) is 14.7. The monoisotopic (exact) mass is 382 g/mol. The molecule has 2 rings (SSSR count). The third kappa shape index (κ3) is 6.12. The summed E-state index contributed by atoms with van der Waals surface area (Å²) < 4.78 is 5.87. The van der Waals surface area contributed by atoms with Gasteiger partial charge in [-0.15, -0.1) is 0 Å².